The van der Waals surface area contributed by atoms with Gasteiger partial charge in [0.05, 0.1) is 10.1 Å². The van der Waals surface area contributed by atoms with Gasteiger partial charge >= 0.3 is 13.3 Å². The molecule has 0 spiro atoms. The molecule has 0 atom stereocenters. The number of benzene rings is 1. The minimum atomic E-state index is -4.47. The zero-order valence-electron chi connectivity index (χ0n) is 10.6. The highest BCUT2D eigenvalue weighted by Crippen LogP contribution is 2.61. The van der Waals surface area contributed by atoms with Gasteiger partial charge < -0.3 is 14.9 Å². The predicted octanol–water partition coefficient (Wildman–Crippen LogP) is 2.49. The van der Waals surface area contributed by atoms with Crippen LogP contribution in [-0.2, 0) is 9.72 Å². The number of nitrogens with zero attached hydrogens (tertiary/aromatic N) is 1. The summed E-state index contributed by atoms with van der Waals surface area (Å²) >= 11 is 0. The fraction of sp³-hybridized carbons (Fsp3) is 0.455. The Morgan fingerprint density at radius 1 is 1.32 bits per heavy atom. The highest BCUT2D eigenvalue weighted by molar-refractivity contribution is 7.53. The van der Waals surface area contributed by atoms with Crippen molar-refractivity contribution in [2.75, 3.05) is 0 Å². The van der Waals surface area contributed by atoms with E-state index in [4.69, 9.17) is 0 Å². The Labute approximate surface area is 110 Å². The van der Waals surface area contributed by atoms with Crippen LogP contribution in [0, 0.1) is 10.1 Å². The summed E-state index contributed by atoms with van der Waals surface area (Å²) in [6.45, 7) is 3.25. The number of rotatable bonds is 5. The second kappa shape index (κ2) is 5.28. The van der Waals surface area contributed by atoms with E-state index in [-0.39, 0.29) is 18.4 Å². The van der Waals surface area contributed by atoms with Gasteiger partial charge in [-0.1, -0.05) is 19.9 Å². The van der Waals surface area contributed by atoms with Gasteiger partial charge in [0.25, 0.3) is 0 Å². The number of nitro benzene ring substituents is 1. The molecule has 0 saturated heterocycles. The fourth-order valence-corrected chi connectivity index (χ4v) is 3.50. The zero-order chi connectivity index (χ0) is 14.8. The molecule has 0 aliphatic heterocycles. The minimum absolute atomic E-state index is 0.158. The maximum atomic E-state index is 11.7. The van der Waals surface area contributed by atoms with E-state index in [1.54, 1.807) is 13.8 Å². The summed E-state index contributed by atoms with van der Waals surface area (Å²) in [5, 5.41) is 18.8. The number of nitro groups is 1. The van der Waals surface area contributed by atoms with Gasteiger partial charge in [-0.05, 0) is 24.5 Å². The Balaban J connectivity index is 3.46. The Bertz CT molecular complexity index is 534. The van der Waals surface area contributed by atoms with Crippen LogP contribution in [0.2, 0.25) is 0 Å². The van der Waals surface area contributed by atoms with Crippen molar-refractivity contribution >= 4 is 13.3 Å². The van der Waals surface area contributed by atoms with Crippen LogP contribution in [0.5, 0.6) is 5.75 Å². The smallest absolute Gasteiger partial charge is 0.335 e. The first kappa shape index (κ1) is 15.6. The molecule has 0 aromatic heterocycles. The third kappa shape index (κ3) is 2.63. The number of phenols is 1. The second-order valence-corrected chi connectivity index (χ2v) is 6.19. The van der Waals surface area contributed by atoms with Crippen molar-refractivity contribution in [2.45, 2.75) is 31.8 Å². The first-order valence-corrected chi connectivity index (χ1v) is 7.34. The molecule has 1 rings (SSSR count). The van der Waals surface area contributed by atoms with Gasteiger partial charge in [0.2, 0.25) is 0 Å². The maximum Gasteiger partial charge on any atom is 0.335 e. The summed E-state index contributed by atoms with van der Waals surface area (Å²) in [5.41, 5.74) is -0.287. The van der Waals surface area contributed by atoms with E-state index in [9.17, 15) is 29.6 Å². The molecule has 0 aliphatic carbocycles. The largest absolute Gasteiger partial charge is 0.502 e. The average molecular weight is 289 g/mol. The number of aromatic hydroxyl groups is 1. The van der Waals surface area contributed by atoms with Gasteiger partial charge in [0, 0.05) is 6.07 Å². The molecule has 1 aromatic carbocycles. The molecule has 0 bridgehead atoms. The van der Waals surface area contributed by atoms with Crippen LogP contribution in [0.1, 0.15) is 32.3 Å². The van der Waals surface area contributed by atoms with Crippen LogP contribution < -0.4 is 0 Å². The molecular formula is C11H16NO6P. The van der Waals surface area contributed by atoms with E-state index in [1.165, 1.54) is 6.07 Å². The van der Waals surface area contributed by atoms with Crippen LogP contribution in [0.15, 0.2) is 18.2 Å². The predicted molar refractivity (Wildman–Crippen MR) is 69.1 cm³/mol. The maximum absolute atomic E-state index is 11.7. The summed E-state index contributed by atoms with van der Waals surface area (Å²) < 4.78 is 11.7. The SMILES string of the molecule is CCC(CC)(c1ccc([N+](=O)[O-])c(O)c1)P(=O)(O)O. The third-order valence-corrected chi connectivity index (χ3v) is 5.44. The number of hydrogen-bond donors (Lipinski definition) is 3. The first-order valence-electron chi connectivity index (χ1n) is 5.73. The quantitative estimate of drug-likeness (QED) is 0.435. The van der Waals surface area contributed by atoms with E-state index >= 15 is 0 Å². The number of hydrogen-bond acceptors (Lipinski definition) is 4. The van der Waals surface area contributed by atoms with Gasteiger partial charge in [0.1, 0.15) is 0 Å². The Kier molecular flexibility index (Phi) is 4.35. The fourth-order valence-electron chi connectivity index (χ4n) is 2.21. The topological polar surface area (TPSA) is 121 Å². The summed E-state index contributed by atoms with van der Waals surface area (Å²) in [4.78, 5) is 28.9. The molecule has 0 amide bonds. The van der Waals surface area contributed by atoms with Crippen molar-refractivity contribution in [3.05, 3.63) is 33.9 Å². The molecule has 8 heteroatoms. The Hall–Kier alpha value is -1.43. The van der Waals surface area contributed by atoms with Crippen LogP contribution in [0.3, 0.4) is 0 Å². The second-order valence-electron chi connectivity index (χ2n) is 4.24. The minimum Gasteiger partial charge on any atom is -0.502 e. The van der Waals surface area contributed by atoms with E-state index in [2.05, 4.69) is 0 Å². The van der Waals surface area contributed by atoms with Crippen molar-refractivity contribution in [1.29, 1.82) is 0 Å². The molecule has 106 valence electrons. The van der Waals surface area contributed by atoms with Crippen molar-refractivity contribution < 1.29 is 24.4 Å². The summed E-state index contributed by atoms with van der Waals surface area (Å²) in [6, 6.07) is 3.40. The normalized spacial score (nSPS) is 12.4. The Morgan fingerprint density at radius 2 is 1.84 bits per heavy atom. The molecule has 3 N–H and O–H groups in total. The van der Waals surface area contributed by atoms with Gasteiger partial charge in [0.15, 0.2) is 5.75 Å². The summed E-state index contributed by atoms with van der Waals surface area (Å²) in [5.74, 6) is -0.595. The molecular weight excluding hydrogens is 273 g/mol. The van der Waals surface area contributed by atoms with Crippen LogP contribution >= 0.6 is 7.60 Å². The molecule has 0 radical (unpaired) electrons. The molecule has 7 nitrogen and oxygen atoms in total. The average Bonchev–Trinajstić information content (AvgIpc) is 2.29. The van der Waals surface area contributed by atoms with Gasteiger partial charge in [-0.2, -0.15) is 0 Å². The van der Waals surface area contributed by atoms with E-state index < -0.39 is 29.1 Å². The molecule has 0 fully saturated rings. The van der Waals surface area contributed by atoms with E-state index in [1.807, 2.05) is 0 Å². The van der Waals surface area contributed by atoms with E-state index in [0.717, 1.165) is 12.1 Å². The lowest BCUT2D eigenvalue weighted by Crippen LogP contribution is -2.24. The monoisotopic (exact) mass is 289 g/mol. The third-order valence-electron chi connectivity index (χ3n) is 3.44. The molecule has 0 saturated carbocycles. The van der Waals surface area contributed by atoms with Gasteiger partial charge in [-0.15, -0.1) is 0 Å². The summed E-state index contributed by atoms with van der Waals surface area (Å²) in [6.07, 6.45) is 0.316. The molecule has 0 heterocycles. The van der Waals surface area contributed by atoms with Crippen LogP contribution in [0.25, 0.3) is 0 Å². The van der Waals surface area contributed by atoms with E-state index in [0.29, 0.717) is 0 Å². The lowest BCUT2D eigenvalue weighted by molar-refractivity contribution is -0.385. The summed E-state index contributed by atoms with van der Waals surface area (Å²) in [7, 11) is -4.47. The molecule has 1 aromatic rings. The lowest BCUT2D eigenvalue weighted by Gasteiger charge is -2.32. The van der Waals surface area contributed by atoms with Crippen LogP contribution in [-0.4, -0.2) is 19.8 Å². The Morgan fingerprint density at radius 3 is 2.16 bits per heavy atom. The van der Waals surface area contributed by atoms with Crippen molar-refractivity contribution in [3.8, 4) is 5.75 Å². The van der Waals surface area contributed by atoms with Crippen LogP contribution in [0.4, 0.5) is 5.69 Å². The van der Waals surface area contributed by atoms with Gasteiger partial charge in [-0.3, -0.25) is 14.7 Å². The highest BCUT2D eigenvalue weighted by Gasteiger charge is 2.45. The van der Waals surface area contributed by atoms with Crippen molar-refractivity contribution in [1.82, 2.24) is 0 Å². The van der Waals surface area contributed by atoms with Gasteiger partial charge in [-0.25, -0.2) is 0 Å². The standard InChI is InChI=1S/C11H16NO6P/c1-3-11(4-2,19(16,17)18)8-5-6-9(12(14)15)10(13)7-8/h5-7,13H,3-4H2,1-2H3,(H2,16,17,18). The molecule has 19 heavy (non-hydrogen) atoms. The van der Waals surface area contributed by atoms with Crippen molar-refractivity contribution in [2.24, 2.45) is 0 Å². The highest BCUT2D eigenvalue weighted by atomic mass is 31.2. The lowest BCUT2D eigenvalue weighted by atomic mass is 9.92. The molecule has 0 unspecified atom stereocenters. The molecule has 0 aliphatic rings. The first-order chi connectivity index (χ1) is 8.69. The van der Waals surface area contributed by atoms with Crippen molar-refractivity contribution in [3.63, 3.8) is 0 Å². The number of phenolic OH excluding ortho intramolecular Hbond substituents is 1. The zero-order valence-corrected chi connectivity index (χ0v) is 11.5.